The van der Waals surface area contributed by atoms with Crippen LogP contribution in [0.1, 0.15) is 37.1 Å². The summed E-state index contributed by atoms with van der Waals surface area (Å²) in [6.45, 7) is 4.12. The van der Waals surface area contributed by atoms with E-state index >= 15 is 0 Å². The molecule has 2 nitrogen and oxygen atoms in total. The summed E-state index contributed by atoms with van der Waals surface area (Å²) in [6, 6.07) is 15.4. The SMILES string of the molecule is CC(NC(C)c1ccccc1O)c1cccc(Cl)c1. The summed E-state index contributed by atoms with van der Waals surface area (Å²) in [4.78, 5) is 0. The second-order valence-corrected chi connectivity index (χ2v) is 5.16. The summed E-state index contributed by atoms with van der Waals surface area (Å²) in [6.07, 6.45) is 0. The van der Waals surface area contributed by atoms with Crippen LogP contribution in [-0.4, -0.2) is 5.11 Å². The maximum absolute atomic E-state index is 9.85. The number of hydrogen-bond donors (Lipinski definition) is 2. The Bertz CT molecular complexity index is 556. The molecule has 0 fully saturated rings. The highest BCUT2D eigenvalue weighted by molar-refractivity contribution is 6.30. The third-order valence-electron chi connectivity index (χ3n) is 3.25. The highest BCUT2D eigenvalue weighted by atomic mass is 35.5. The zero-order valence-electron chi connectivity index (χ0n) is 11.1. The monoisotopic (exact) mass is 275 g/mol. The molecule has 3 heteroatoms. The number of phenols is 1. The molecule has 0 amide bonds. The van der Waals surface area contributed by atoms with E-state index in [0.717, 1.165) is 16.1 Å². The van der Waals surface area contributed by atoms with Gasteiger partial charge in [0.25, 0.3) is 0 Å². The molecule has 0 radical (unpaired) electrons. The average Bonchev–Trinajstić information content (AvgIpc) is 2.39. The predicted octanol–water partition coefficient (Wildman–Crippen LogP) is 4.46. The third kappa shape index (κ3) is 3.49. The van der Waals surface area contributed by atoms with Gasteiger partial charge >= 0.3 is 0 Å². The van der Waals surface area contributed by atoms with E-state index < -0.39 is 0 Å². The molecule has 2 aromatic rings. The van der Waals surface area contributed by atoms with Crippen LogP contribution >= 0.6 is 11.6 Å². The van der Waals surface area contributed by atoms with Gasteiger partial charge in [-0.3, -0.25) is 0 Å². The molecule has 0 aliphatic rings. The van der Waals surface area contributed by atoms with E-state index in [4.69, 9.17) is 11.6 Å². The zero-order valence-corrected chi connectivity index (χ0v) is 11.9. The van der Waals surface area contributed by atoms with Crippen LogP contribution in [0.25, 0.3) is 0 Å². The van der Waals surface area contributed by atoms with E-state index in [1.165, 1.54) is 0 Å². The topological polar surface area (TPSA) is 32.3 Å². The summed E-state index contributed by atoms with van der Waals surface area (Å²) < 4.78 is 0. The standard InChI is InChI=1S/C16H18ClNO/c1-11(13-6-5-7-14(17)10-13)18-12(2)15-8-3-4-9-16(15)19/h3-12,18-19H,1-2H3. The van der Waals surface area contributed by atoms with Gasteiger partial charge in [0.1, 0.15) is 5.75 Å². The average molecular weight is 276 g/mol. The van der Waals surface area contributed by atoms with Crippen LogP contribution in [0.2, 0.25) is 5.02 Å². The van der Waals surface area contributed by atoms with Gasteiger partial charge in [-0.05, 0) is 37.6 Å². The number of nitrogens with one attached hydrogen (secondary N) is 1. The molecule has 0 aliphatic carbocycles. The molecule has 0 saturated heterocycles. The van der Waals surface area contributed by atoms with E-state index in [0.29, 0.717) is 5.75 Å². The first-order valence-corrected chi connectivity index (χ1v) is 6.75. The lowest BCUT2D eigenvalue weighted by molar-refractivity contribution is 0.438. The van der Waals surface area contributed by atoms with Crippen molar-refractivity contribution in [2.45, 2.75) is 25.9 Å². The van der Waals surface area contributed by atoms with Crippen LogP contribution < -0.4 is 5.32 Å². The van der Waals surface area contributed by atoms with Gasteiger partial charge < -0.3 is 10.4 Å². The van der Waals surface area contributed by atoms with Crippen LogP contribution in [0.4, 0.5) is 0 Å². The molecule has 0 heterocycles. The molecule has 19 heavy (non-hydrogen) atoms. The van der Waals surface area contributed by atoms with Gasteiger partial charge in [-0.2, -0.15) is 0 Å². The Morgan fingerprint density at radius 2 is 1.74 bits per heavy atom. The minimum absolute atomic E-state index is 0.0650. The number of phenolic OH excluding ortho intramolecular Hbond substituents is 1. The van der Waals surface area contributed by atoms with Crippen LogP contribution in [0.3, 0.4) is 0 Å². The van der Waals surface area contributed by atoms with Crippen LogP contribution in [0, 0.1) is 0 Å². The Balaban J connectivity index is 2.11. The van der Waals surface area contributed by atoms with E-state index in [1.807, 2.05) is 49.4 Å². The smallest absolute Gasteiger partial charge is 0.120 e. The lowest BCUT2D eigenvalue weighted by Gasteiger charge is -2.21. The van der Waals surface area contributed by atoms with Crippen molar-refractivity contribution in [3.63, 3.8) is 0 Å². The van der Waals surface area contributed by atoms with Crippen molar-refractivity contribution in [3.05, 3.63) is 64.7 Å². The molecule has 2 N–H and O–H groups in total. The second-order valence-electron chi connectivity index (χ2n) is 4.72. The fourth-order valence-corrected chi connectivity index (χ4v) is 2.39. The molecule has 2 aromatic carbocycles. The number of halogens is 1. The second kappa shape index (κ2) is 6.09. The van der Waals surface area contributed by atoms with E-state index in [1.54, 1.807) is 6.07 Å². The molecule has 0 saturated carbocycles. The first-order valence-electron chi connectivity index (χ1n) is 6.37. The van der Waals surface area contributed by atoms with Gasteiger partial charge in [-0.25, -0.2) is 0 Å². The van der Waals surface area contributed by atoms with Gasteiger partial charge in [0, 0.05) is 22.7 Å². The lowest BCUT2D eigenvalue weighted by atomic mass is 10.0. The molecule has 2 atom stereocenters. The lowest BCUT2D eigenvalue weighted by Crippen LogP contribution is -2.22. The summed E-state index contributed by atoms with van der Waals surface area (Å²) in [7, 11) is 0. The van der Waals surface area contributed by atoms with Crippen LogP contribution in [0.5, 0.6) is 5.75 Å². The highest BCUT2D eigenvalue weighted by Crippen LogP contribution is 2.26. The molecule has 0 spiro atoms. The number of para-hydroxylation sites is 1. The first-order chi connectivity index (χ1) is 9.08. The summed E-state index contributed by atoms with van der Waals surface area (Å²) in [5, 5.41) is 14.0. The van der Waals surface area contributed by atoms with Gasteiger partial charge in [-0.15, -0.1) is 0 Å². The Morgan fingerprint density at radius 3 is 2.42 bits per heavy atom. The predicted molar refractivity (Wildman–Crippen MR) is 79.5 cm³/mol. The minimum Gasteiger partial charge on any atom is -0.508 e. The minimum atomic E-state index is 0.0650. The molecular weight excluding hydrogens is 258 g/mol. The molecule has 0 aromatic heterocycles. The molecule has 2 unspecified atom stereocenters. The normalized spacial score (nSPS) is 14.1. The van der Waals surface area contributed by atoms with Crippen molar-refractivity contribution in [1.29, 1.82) is 0 Å². The van der Waals surface area contributed by atoms with Crippen molar-refractivity contribution in [3.8, 4) is 5.75 Å². The van der Waals surface area contributed by atoms with Gasteiger partial charge in [-0.1, -0.05) is 41.9 Å². The molecule has 0 bridgehead atoms. The number of hydrogen-bond acceptors (Lipinski definition) is 2. The number of aromatic hydroxyl groups is 1. The Labute approximate surface area is 119 Å². The largest absolute Gasteiger partial charge is 0.508 e. The molecule has 100 valence electrons. The summed E-state index contributed by atoms with van der Waals surface area (Å²) in [5.41, 5.74) is 2.03. The van der Waals surface area contributed by atoms with Gasteiger partial charge in [0.15, 0.2) is 0 Å². The Hall–Kier alpha value is -1.51. The van der Waals surface area contributed by atoms with Crippen molar-refractivity contribution < 1.29 is 5.11 Å². The summed E-state index contributed by atoms with van der Waals surface area (Å²) >= 11 is 6.00. The number of benzene rings is 2. The zero-order chi connectivity index (χ0) is 13.8. The van der Waals surface area contributed by atoms with Crippen molar-refractivity contribution in [2.24, 2.45) is 0 Å². The number of rotatable bonds is 4. The Kier molecular flexibility index (Phi) is 4.46. The van der Waals surface area contributed by atoms with E-state index in [9.17, 15) is 5.11 Å². The van der Waals surface area contributed by atoms with Crippen LogP contribution in [-0.2, 0) is 0 Å². The van der Waals surface area contributed by atoms with Gasteiger partial charge in [0.2, 0.25) is 0 Å². The van der Waals surface area contributed by atoms with Gasteiger partial charge in [0.05, 0.1) is 0 Å². The van der Waals surface area contributed by atoms with Crippen LogP contribution in [0.15, 0.2) is 48.5 Å². The molecule has 0 aliphatic heterocycles. The van der Waals surface area contributed by atoms with E-state index in [-0.39, 0.29) is 12.1 Å². The fourth-order valence-electron chi connectivity index (χ4n) is 2.19. The Morgan fingerprint density at radius 1 is 1.00 bits per heavy atom. The maximum atomic E-state index is 9.85. The highest BCUT2D eigenvalue weighted by Gasteiger charge is 2.13. The molecule has 2 rings (SSSR count). The van der Waals surface area contributed by atoms with E-state index in [2.05, 4.69) is 12.2 Å². The van der Waals surface area contributed by atoms with Crippen molar-refractivity contribution >= 4 is 11.6 Å². The molecular formula is C16H18ClNO. The summed E-state index contributed by atoms with van der Waals surface area (Å²) in [5.74, 6) is 0.320. The first kappa shape index (κ1) is 13.9. The third-order valence-corrected chi connectivity index (χ3v) is 3.49. The van der Waals surface area contributed by atoms with Crippen molar-refractivity contribution in [2.75, 3.05) is 0 Å². The maximum Gasteiger partial charge on any atom is 0.120 e. The fraction of sp³-hybridized carbons (Fsp3) is 0.250. The van der Waals surface area contributed by atoms with Crippen molar-refractivity contribution in [1.82, 2.24) is 5.32 Å². The quantitative estimate of drug-likeness (QED) is 0.864.